The largest absolute Gasteiger partial charge is 0.370 e. The molecule has 5 heteroatoms. The van der Waals surface area contributed by atoms with Crippen LogP contribution in [0.1, 0.15) is 29.4 Å². The number of benzene rings is 1. The van der Waals surface area contributed by atoms with E-state index in [1.54, 1.807) is 0 Å². The summed E-state index contributed by atoms with van der Waals surface area (Å²) in [6.07, 6.45) is 1.04. The minimum atomic E-state index is 0.266. The molecule has 0 saturated heterocycles. The van der Waals surface area contributed by atoms with Gasteiger partial charge in [-0.1, -0.05) is 12.1 Å². The van der Waals surface area contributed by atoms with Gasteiger partial charge in [0, 0.05) is 30.2 Å². The Morgan fingerprint density at radius 2 is 2.00 bits per heavy atom. The Morgan fingerprint density at radius 1 is 1.19 bits per heavy atom. The van der Waals surface area contributed by atoms with Crippen LogP contribution in [0.3, 0.4) is 0 Å². The number of hydrogen-bond acceptors (Lipinski definition) is 3. The molecule has 2 aromatic heterocycles. The zero-order chi connectivity index (χ0) is 14.6. The molecule has 1 aliphatic heterocycles. The summed E-state index contributed by atoms with van der Waals surface area (Å²) in [5.74, 6) is 1.13. The van der Waals surface area contributed by atoms with Crippen molar-refractivity contribution in [2.45, 2.75) is 26.3 Å². The molecule has 0 amide bonds. The van der Waals surface area contributed by atoms with Crippen LogP contribution in [0.5, 0.6) is 0 Å². The standard InChI is InChI=1S/C16H19N5/c1-10-15(11(2)20(3)18-10)14-8-9-17-16-12-6-4-5-7-13(12)19-21(14)16/h4-7,14,17H,8-9H2,1-3H3. The van der Waals surface area contributed by atoms with Gasteiger partial charge in [-0.15, -0.1) is 0 Å². The van der Waals surface area contributed by atoms with Crippen LogP contribution in [0, 0.1) is 13.8 Å². The molecule has 0 spiro atoms. The molecule has 4 rings (SSSR count). The predicted octanol–water partition coefficient (Wildman–Crippen LogP) is 2.79. The Morgan fingerprint density at radius 3 is 2.76 bits per heavy atom. The van der Waals surface area contributed by atoms with Crippen molar-refractivity contribution < 1.29 is 0 Å². The lowest BCUT2D eigenvalue weighted by atomic mass is 10.0. The fourth-order valence-corrected chi connectivity index (χ4v) is 3.44. The van der Waals surface area contributed by atoms with Crippen LogP contribution < -0.4 is 5.32 Å². The van der Waals surface area contributed by atoms with E-state index in [1.165, 1.54) is 16.6 Å². The number of nitrogens with one attached hydrogen (secondary N) is 1. The number of aryl methyl sites for hydroxylation is 2. The zero-order valence-electron chi connectivity index (χ0n) is 12.6. The van der Waals surface area contributed by atoms with Crippen LogP contribution in [-0.2, 0) is 7.05 Å². The Balaban J connectivity index is 1.94. The molecule has 0 saturated carbocycles. The fourth-order valence-electron chi connectivity index (χ4n) is 3.44. The quantitative estimate of drug-likeness (QED) is 0.746. The van der Waals surface area contributed by atoms with Crippen molar-refractivity contribution in [1.29, 1.82) is 0 Å². The van der Waals surface area contributed by atoms with Gasteiger partial charge in [-0.3, -0.25) is 4.68 Å². The molecule has 1 aliphatic rings. The maximum Gasteiger partial charge on any atom is 0.132 e. The number of anilines is 1. The monoisotopic (exact) mass is 281 g/mol. The molecule has 0 fully saturated rings. The van der Waals surface area contributed by atoms with E-state index in [2.05, 4.69) is 47.1 Å². The first-order chi connectivity index (χ1) is 10.2. The van der Waals surface area contributed by atoms with Gasteiger partial charge in [0.15, 0.2) is 0 Å². The number of nitrogens with zero attached hydrogens (tertiary/aromatic N) is 4. The van der Waals surface area contributed by atoms with E-state index >= 15 is 0 Å². The van der Waals surface area contributed by atoms with Gasteiger partial charge in [0.05, 0.1) is 17.3 Å². The summed E-state index contributed by atoms with van der Waals surface area (Å²) in [6, 6.07) is 8.57. The normalized spacial score (nSPS) is 17.8. The van der Waals surface area contributed by atoms with E-state index in [-0.39, 0.29) is 6.04 Å². The minimum absolute atomic E-state index is 0.266. The fraction of sp³-hybridized carbons (Fsp3) is 0.375. The third-order valence-corrected chi connectivity index (χ3v) is 4.51. The molecular weight excluding hydrogens is 262 g/mol. The van der Waals surface area contributed by atoms with E-state index in [4.69, 9.17) is 5.10 Å². The van der Waals surface area contributed by atoms with Crippen LogP contribution in [-0.4, -0.2) is 26.1 Å². The van der Waals surface area contributed by atoms with Crippen molar-refractivity contribution in [2.75, 3.05) is 11.9 Å². The van der Waals surface area contributed by atoms with E-state index in [1.807, 2.05) is 17.8 Å². The predicted molar refractivity (Wildman–Crippen MR) is 83.7 cm³/mol. The maximum atomic E-state index is 4.82. The molecule has 1 unspecified atom stereocenters. The highest BCUT2D eigenvalue weighted by Crippen LogP contribution is 2.36. The molecular formula is C16H19N5. The lowest BCUT2D eigenvalue weighted by Crippen LogP contribution is -2.25. The van der Waals surface area contributed by atoms with E-state index in [0.29, 0.717) is 0 Å². The van der Waals surface area contributed by atoms with Crippen molar-refractivity contribution in [3.63, 3.8) is 0 Å². The molecule has 3 heterocycles. The molecule has 3 aromatic rings. The lowest BCUT2D eigenvalue weighted by molar-refractivity contribution is 0.481. The first kappa shape index (κ1) is 12.4. The number of hydrogen-bond donors (Lipinski definition) is 1. The molecule has 108 valence electrons. The zero-order valence-corrected chi connectivity index (χ0v) is 12.6. The van der Waals surface area contributed by atoms with Crippen LogP contribution >= 0.6 is 0 Å². The second kappa shape index (κ2) is 4.35. The Hall–Kier alpha value is -2.30. The number of aromatic nitrogens is 4. The number of fused-ring (bicyclic) bond motifs is 3. The van der Waals surface area contributed by atoms with Crippen molar-refractivity contribution in [2.24, 2.45) is 7.05 Å². The third kappa shape index (κ3) is 1.70. The highest BCUT2D eigenvalue weighted by Gasteiger charge is 2.28. The molecule has 0 aliphatic carbocycles. The molecule has 5 nitrogen and oxygen atoms in total. The first-order valence-electron chi connectivity index (χ1n) is 7.38. The minimum Gasteiger partial charge on any atom is -0.370 e. The van der Waals surface area contributed by atoms with Crippen molar-refractivity contribution in [3.05, 3.63) is 41.2 Å². The van der Waals surface area contributed by atoms with Crippen molar-refractivity contribution >= 4 is 16.7 Å². The van der Waals surface area contributed by atoms with Gasteiger partial charge in [0.25, 0.3) is 0 Å². The molecule has 1 aromatic carbocycles. The second-order valence-corrected chi connectivity index (χ2v) is 5.75. The van der Waals surface area contributed by atoms with Gasteiger partial charge < -0.3 is 5.32 Å². The van der Waals surface area contributed by atoms with Gasteiger partial charge in [0.1, 0.15) is 5.82 Å². The van der Waals surface area contributed by atoms with Gasteiger partial charge in [-0.2, -0.15) is 10.2 Å². The summed E-state index contributed by atoms with van der Waals surface area (Å²) in [4.78, 5) is 0. The van der Waals surface area contributed by atoms with E-state index in [0.717, 1.165) is 30.0 Å². The molecule has 21 heavy (non-hydrogen) atoms. The highest BCUT2D eigenvalue weighted by molar-refractivity contribution is 5.90. The van der Waals surface area contributed by atoms with Gasteiger partial charge in [0.2, 0.25) is 0 Å². The van der Waals surface area contributed by atoms with Gasteiger partial charge in [-0.25, -0.2) is 4.68 Å². The molecule has 1 N–H and O–H groups in total. The van der Waals surface area contributed by atoms with Gasteiger partial charge in [-0.05, 0) is 32.4 Å². The average Bonchev–Trinajstić information content (AvgIpc) is 2.97. The van der Waals surface area contributed by atoms with Crippen LogP contribution in [0.25, 0.3) is 10.9 Å². The Labute approximate surface area is 123 Å². The highest BCUT2D eigenvalue weighted by atomic mass is 15.4. The SMILES string of the molecule is Cc1nn(C)c(C)c1C1CCNc2c3ccccc3nn21. The van der Waals surface area contributed by atoms with E-state index < -0.39 is 0 Å². The first-order valence-corrected chi connectivity index (χ1v) is 7.38. The summed E-state index contributed by atoms with van der Waals surface area (Å²) >= 11 is 0. The lowest BCUT2D eigenvalue weighted by Gasteiger charge is -2.26. The maximum absolute atomic E-state index is 4.82. The summed E-state index contributed by atoms with van der Waals surface area (Å²) in [5, 5.41) is 14.1. The summed E-state index contributed by atoms with van der Waals surface area (Å²) in [5.41, 5.74) is 4.69. The van der Waals surface area contributed by atoms with Crippen molar-refractivity contribution in [3.8, 4) is 0 Å². The third-order valence-electron chi connectivity index (χ3n) is 4.51. The van der Waals surface area contributed by atoms with Crippen LogP contribution in [0.15, 0.2) is 24.3 Å². The molecule has 0 radical (unpaired) electrons. The summed E-state index contributed by atoms with van der Waals surface area (Å²) in [6.45, 7) is 5.20. The van der Waals surface area contributed by atoms with Crippen LogP contribution in [0.2, 0.25) is 0 Å². The molecule has 1 atom stereocenters. The topological polar surface area (TPSA) is 47.7 Å². The summed E-state index contributed by atoms with van der Waals surface area (Å²) < 4.78 is 4.11. The second-order valence-electron chi connectivity index (χ2n) is 5.75. The smallest absolute Gasteiger partial charge is 0.132 e. The average molecular weight is 281 g/mol. The van der Waals surface area contributed by atoms with Crippen LogP contribution in [0.4, 0.5) is 5.82 Å². The van der Waals surface area contributed by atoms with E-state index in [9.17, 15) is 0 Å². The molecule has 0 bridgehead atoms. The Kier molecular flexibility index (Phi) is 2.58. The summed E-state index contributed by atoms with van der Waals surface area (Å²) in [7, 11) is 2.01. The Bertz CT molecular complexity index is 827. The van der Waals surface area contributed by atoms with Crippen molar-refractivity contribution in [1.82, 2.24) is 19.6 Å². The van der Waals surface area contributed by atoms with Gasteiger partial charge >= 0.3 is 0 Å². The number of rotatable bonds is 1.